The molecule has 2 saturated heterocycles. The fourth-order valence-electron chi connectivity index (χ4n) is 5.57. The van der Waals surface area contributed by atoms with Crippen LogP contribution in [0.2, 0.25) is 0 Å². The standard InChI is InChI=1S/C33H32N4O6S3/c1-21-35-36-31(46-21)45-20-32(30(41)43-26(23-14-8-4-9-15-23)24-16-10-5-11-17-24)18-37-28(40)33(42-2,29(37)44-19-32)34-27(39)25(38)22-12-6-3-7-13-22/h3-17,25-26,29,38H,18-20H2,1-2H3,(H,34,39)/t25?,29-,32?,33?/m1/s1. The summed E-state index contributed by atoms with van der Waals surface area (Å²) in [5.41, 5.74) is -0.763. The van der Waals surface area contributed by atoms with Gasteiger partial charge in [-0.25, -0.2) is 0 Å². The third-order valence-corrected chi connectivity index (χ3v) is 11.9. The Kier molecular flexibility index (Phi) is 9.48. The zero-order valence-corrected chi connectivity index (χ0v) is 27.5. The van der Waals surface area contributed by atoms with Gasteiger partial charge in [0.15, 0.2) is 16.5 Å². The van der Waals surface area contributed by atoms with Crippen molar-refractivity contribution in [3.63, 3.8) is 0 Å². The van der Waals surface area contributed by atoms with Gasteiger partial charge in [0.1, 0.15) is 15.8 Å². The van der Waals surface area contributed by atoms with Crippen molar-refractivity contribution in [3.05, 3.63) is 113 Å². The van der Waals surface area contributed by atoms with Crippen molar-refractivity contribution >= 4 is 52.6 Å². The Labute approximate surface area is 278 Å². The van der Waals surface area contributed by atoms with E-state index in [0.29, 0.717) is 15.7 Å². The number of amides is 2. The molecular weight excluding hydrogens is 645 g/mol. The first-order valence-corrected chi connectivity index (χ1v) is 17.4. The second-order valence-electron chi connectivity index (χ2n) is 11.1. The molecule has 2 aliphatic heterocycles. The highest BCUT2D eigenvalue weighted by Crippen LogP contribution is 2.50. The lowest BCUT2D eigenvalue weighted by atomic mass is 9.87. The van der Waals surface area contributed by atoms with Crippen molar-refractivity contribution in [3.8, 4) is 0 Å². The van der Waals surface area contributed by atoms with Gasteiger partial charge < -0.3 is 24.8 Å². The largest absolute Gasteiger partial charge is 0.452 e. The molecule has 238 valence electrons. The van der Waals surface area contributed by atoms with E-state index in [1.807, 2.05) is 67.6 Å². The molecule has 0 bridgehead atoms. The van der Waals surface area contributed by atoms with Crippen molar-refractivity contribution in [2.45, 2.75) is 34.6 Å². The first-order chi connectivity index (χ1) is 22.3. The molecule has 13 heteroatoms. The van der Waals surface area contributed by atoms with Crippen molar-refractivity contribution in [2.24, 2.45) is 5.41 Å². The van der Waals surface area contributed by atoms with E-state index < -0.39 is 46.5 Å². The Morgan fingerprint density at radius 1 is 1.00 bits per heavy atom. The molecule has 46 heavy (non-hydrogen) atoms. The molecule has 0 spiro atoms. The number of carbonyl (C=O) groups is 3. The lowest BCUT2D eigenvalue weighted by Gasteiger charge is -2.59. The van der Waals surface area contributed by atoms with Gasteiger partial charge in [0, 0.05) is 25.2 Å². The molecular formula is C33H32N4O6S3. The summed E-state index contributed by atoms with van der Waals surface area (Å²) < 4.78 is 12.7. The summed E-state index contributed by atoms with van der Waals surface area (Å²) in [6.07, 6.45) is -2.15. The van der Waals surface area contributed by atoms with Crippen LogP contribution in [0.4, 0.5) is 0 Å². The summed E-state index contributed by atoms with van der Waals surface area (Å²) in [4.78, 5) is 42.8. The molecule has 0 saturated carbocycles. The van der Waals surface area contributed by atoms with E-state index in [1.54, 1.807) is 35.2 Å². The number of carbonyl (C=O) groups excluding carboxylic acids is 3. The first kappa shape index (κ1) is 32.2. The minimum atomic E-state index is -1.69. The minimum Gasteiger partial charge on any atom is -0.452 e. The number of aromatic nitrogens is 2. The van der Waals surface area contributed by atoms with Crippen LogP contribution < -0.4 is 5.32 Å². The van der Waals surface area contributed by atoms with Crippen molar-refractivity contribution in [1.29, 1.82) is 0 Å². The molecule has 6 rings (SSSR count). The van der Waals surface area contributed by atoms with Gasteiger partial charge in [-0.3, -0.25) is 14.4 Å². The summed E-state index contributed by atoms with van der Waals surface area (Å²) in [6.45, 7) is 1.91. The average Bonchev–Trinajstić information content (AvgIpc) is 3.53. The predicted molar refractivity (Wildman–Crippen MR) is 176 cm³/mol. The minimum absolute atomic E-state index is 0.0473. The number of hydrogen-bond acceptors (Lipinski definition) is 11. The number of aliphatic hydroxyl groups excluding tert-OH is 1. The lowest BCUT2D eigenvalue weighted by Crippen LogP contribution is -2.83. The third kappa shape index (κ3) is 6.17. The van der Waals surface area contributed by atoms with Gasteiger partial charge >= 0.3 is 5.97 Å². The predicted octanol–water partition coefficient (Wildman–Crippen LogP) is 4.37. The summed E-state index contributed by atoms with van der Waals surface area (Å²) in [5, 5.41) is 21.9. The Balaban J connectivity index is 1.26. The van der Waals surface area contributed by atoms with Gasteiger partial charge in [-0.15, -0.1) is 22.0 Å². The highest BCUT2D eigenvalue weighted by atomic mass is 32.2. The van der Waals surface area contributed by atoms with Crippen LogP contribution >= 0.6 is 34.9 Å². The van der Waals surface area contributed by atoms with E-state index in [4.69, 9.17) is 9.47 Å². The Bertz CT molecular complexity index is 1660. The number of thioether (sulfide) groups is 2. The average molecular weight is 677 g/mol. The van der Waals surface area contributed by atoms with Gasteiger partial charge in [0.05, 0.1) is 0 Å². The normalized spacial score (nSPS) is 22.9. The molecule has 0 radical (unpaired) electrons. The van der Waals surface area contributed by atoms with Crippen LogP contribution in [0.3, 0.4) is 0 Å². The lowest BCUT2D eigenvalue weighted by molar-refractivity contribution is -0.202. The second-order valence-corrected chi connectivity index (χ2v) is 14.6. The molecule has 3 unspecified atom stereocenters. The third-order valence-electron chi connectivity index (χ3n) is 8.04. The number of rotatable bonds is 11. The molecule has 4 aromatic rings. The number of β-lactam (4-membered cyclic amide) rings is 1. The van der Waals surface area contributed by atoms with Crippen molar-refractivity contribution < 1.29 is 29.0 Å². The van der Waals surface area contributed by atoms with Gasteiger partial charge in [0.2, 0.25) is 0 Å². The topological polar surface area (TPSA) is 131 Å². The summed E-state index contributed by atoms with van der Waals surface area (Å²) in [5.74, 6) is -1.13. The SMILES string of the molecule is COC1(NC(=O)C(O)c2ccccc2)C(=O)N2CC(CSc3nnc(C)s3)(C(=O)OC(c3ccccc3)c3ccccc3)CS[C@@H]21. The number of ether oxygens (including phenoxy) is 2. The number of methoxy groups -OCH3 is 1. The van der Waals surface area contributed by atoms with E-state index in [0.717, 1.165) is 16.1 Å². The number of nitrogens with one attached hydrogen (secondary N) is 1. The van der Waals surface area contributed by atoms with Crippen LogP contribution in [0.1, 0.15) is 33.9 Å². The van der Waals surface area contributed by atoms with E-state index in [2.05, 4.69) is 15.5 Å². The fourth-order valence-corrected chi connectivity index (χ4v) is 9.32. The fraction of sp³-hybridized carbons (Fsp3) is 0.303. The maximum Gasteiger partial charge on any atom is 0.316 e. The molecule has 2 fully saturated rings. The molecule has 10 nitrogen and oxygen atoms in total. The molecule has 0 aliphatic carbocycles. The van der Waals surface area contributed by atoms with Gasteiger partial charge in [-0.1, -0.05) is 114 Å². The number of benzene rings is 3. The first-order valence-electron chi connectivity index (χ1n) is 14.5. The van der Waals surface area contributed by atoms with Crippen LogP contribution in [0.5, 0.6) is 0 Å². The maximum atomic E-state index is 14.4. The highest BCUT2D eigenvalue weighted by Gasteiger charge is 2.68. The number of aliphatic hydroxyl groups is 1. The van der Waals surface area contributed by atoms with Crippen LogP contribution in [0.25, 0.3) is 0 Å². The van der Waals surface area contributed by atoms with Gasteiger partial charge in [-0.05, 0) is 23.6 Å². The number of aryl methyl sites for hydroxylation is 1. The molecule has 1 aromatic heterocycles. The quantitative estimate of drug-likeness (QED) is 0.102. The van der Waals surface area contributed by atoms with E-state index in [1.165, 1.54) is 42.0 Å². The van der Waals surface area contributed by atoms with Crippen LogP contribution in [0, 0.1) is 12.3 Å². The molecule has 3 aromatic carbocycles. The number of esters is 1. The van der Waals surface area contributed by atoms with E-state index in [-0.39, 0.29) is 12.3 Å². The Morgan fingerprint density at radius 3 is 2.13 bits per heavy atom. The van der Waals surface area contributed by atoms with Crippen LogP contribution in [0.15, 0.2) is 95.3 Å². The second kappa shape index (κ2) is 13.5. The van der Waals surface area contributed by atoms with Crippen LogP contribution in [-0.2, 0) is 23.9 Å². The summed E-state index contributed by atoms with van der Waals surface area (Å²) in [6, 6.07) is 27.5. The Morgan fingerprint density at radius 2 is 1.59 bits per heavy atom. The zero-order valence-electron chi connectivity index (χ0n) is 25.1. The molecule has 4 atom stereocenters. The summed E-state index contributed by atoms with van der Waals surface area (Å²) >= 11 is 4.16. The van der Waals surface area contributed by atoms with E-state index >= 15 is 0 Å². The van der Waals surface area contributed by atoms with Gasteiger partial charge in [-0.2, -0.15) is 0 Å². The monoisotopic (exact) mass is 676 g/mol. The molecule has 2 aliphatic rings. The smallest absolute Gasteiger partial charge is 0.316 e. The molecule has 2 N–H and O–H groups in total. The number of nitrogens with zero attached hydrogens (tertiary/aromatic N) is 3. The highest BCUT2D eigenvalue weighted by molar-refractivity contribution is 8.01. The maximum absolute atomic E-state index is 14.4. The van der Waals surface area contributed by atoms with Crippen molar-refractivity contribution in [2.75, 3.05) is 25.2 Å². The number of hydrogen-bond donors (Lipinski definition) is 2. The van der Waals surface area contributed by atoms with Crippen molar-refractivity contribution in [1.82, 2.24) is 20.4 Å². The summed E-state index contributed by atoms with van der Waals surface area (Å²) in [7, 11) is 1.35. The Hall–Kier alpha value is -3.75. The molecule has 2 amide bonds. The van der Waals surface area contributed by atoms with Gasteiger partial charge in [0.25, 0.3) is 17.5 Å². The number of fused-ring (bicyclic) bond motifs is 1. The zero-order chi connectivity index (χ0) is 32.3. The van der Waals surface area contributed by atoms with E-state index in [9.17, 15) is 19.5 Å². The van der Waals surface area contributed by atoms with Crippen LogP contribution in [-0.4, -0.2) is 74.2 Å². The molecule has 3 heterocycles.